The van der Waals surface area contributed by atoms with E-state index in [0.29, 0.717) is 13.2 Å². The Kier molecular flexibility index (Phi) is 3.20. The van der Waals surface area contributed by atoms with Gasteiger partial charge in [-0.05, 0) is 17.7 Å². The molecule has 0 bridgehead atoms. The zero-order valence-corrected chi connectivity index (χ0v) is 8.55. The molecule has 0 spiro atoms. The topological polar surface area (TPSA) is 47.9 Å². The summed E-state index contributed by atoms with van der Waals surface area (Å²) in [5.41, 5.74) is 0.766. The predicted molar refractivity (Wildman–Crippen MR) is 53.6 cm³/mol. The first-order chi connectivity index (χ1) is 7.31. The quantitative estimate of drug-likeness (QED) is 0.811. The summed E-state index contributed by atoms with van der Waals surface area (Å²) in [4.78, 5) is 0. The molecule has 0 radical (unpaired) electrons. The van der Waals surface area contributed by atoms with Gasteiger partial charge < -0.3 is 19.3 Å². The molecule has 0 amide bonds. The first-order valence-electron chi connectivity index (χ1n) is 4.86. The van der Waals surface area contributed by atoms with Crippen molar-refractivity contribution in [2.75, 3.05) is 20.3 Å². The van der Waals surface area contributed by atoms with Crippen LogP contribution in [-0.4, -0.2) is 31.7 Å². The molecule has 4 nitrogen and oxygen atoms in total. The third-order valence-electron chi connectivity index (χ3n) is 2.36. The Morgan fingerprint density at radius 2 is 1.87 bits per heavy atom. The van der Waals surface area contributed by atoms with Crippen molar-refractivity contribution in [3.05, 3.63) is 29.8 Å². The van der Waals surface area contributed by atoms with Gasteiger partial charge in [-0.2, -0.15) is 0 Å². The maximum atomic E-state index is 9.89. The van der Waals surface area contributed by atoms with Gasteiger partial charge in [0, 0.05) is 0 Å². The number of ether oxygens (including phenoxy) is 3. The molecule has 15 heavy (non-hydrogen) atoms. The Morgan fingerprint density at radius 3 is 2.40 bits per heavy atom. The van der Waals surface area contributed by atoms with Gasteiger partial charge in [-0.1, -0.05) is 12.1 Å². The van der Waals surface area contributed by atoms with Crippen LogP contribution in [-0.2, 0) is 9.47 Å². The molecule has 2 rings (SSSR count). The molecular weight excluding hydrogens is 196 g/mol. The fourth-order valence-corrected chi connectivity index (χ4v) is 1.52. The van der Waals surface area contributed by atoms with E-state index < -0.39 is 12.4 Å². The lowest BCUT2D eigenvalue weighted by Gasteiger charge is -2.17. The van der Waals surface area contributed by atoms with E-state index in [2.05, 4.69) is 0 Å². The summed E-state index contributed by atoms with van der Waals surface area (Å²) < 4.78 is 15.5. The summed E-state index contributed by atoms with van der Waals surface area (Å²) in [5, 5.41) is 9.89. The molecule has 1 aliphatic rings. The lowest BCUT2D eigenvalue weighted by Crippen LogP contribution is -2.18. The monoisotopic (exact) mass is 210 g/mol. The van der Waals surface area contributed by atoms with Crippen LogP contribution in [0.5, 0.6) is 5.75 Å². The summed E-state index contributed by atoms with van der Waals surface area (Å²) >= 11 is 0. The van der Waals surface area contributed by atoms with Gasteiger partial charge in [0.05, 0.1) is 20.3 Å². The number of benzene rings is 1. The summed E-state index contributed by atoms with van der Waals surface area (Å²) in [7, 11) is 1.61. The Balaban J connectivity index is 2.07. The maximum Gasteiger partial charge on any atom is 0.187 e. The molecule has 0 saturated carbocycles. The van der Waals surface area contributed by atoms with Crippen molar-refractivity contribution in [2.24, 2.45) is 0 Å². The van der Waals surface area contributed by atoms with Crippen LogP contribution >= 0.6 is 0 Å². The van der Waals surface area contributed by atoms with Crippen LogP contribution in [0.1, 0.15) is 11.7 Å². The summed E-state index contributed by atoms with van der Waals surface area (Å²) in [6.45, 7) is 1.08. The molecule has 1 atom stereocenters. The lowest BCUT2D eigenvalue weighted by molar-refractivity contribution is -0.122. The first-order valence-corrected chi connectivity index (χ1v) is 4.86. The summed E-state index contributed by atoms with van der Waals surface area (Å²) in [6, 6.07) is 7.20. The van der Waals surface area contributed by atoms with Gasteiger partial charge in [-0.25, -0.2) is 0 Å². The average molecular weight is 210 g/mol. The van der Waals surface area contributed by atoms with Crippen molar-refractivity contribution in [1.29, 1.82) is 0 Å². The predicted octanol–water partition coefficient (Wildman–Crippen LogP) is 1.10. The maximum absolute atomic E-state index is 9.89. The molecule has 0 unspecified atom stereocenters. The van der Waals surface area contributed by atoms with Crippen molar-refractivity contribution in [3.63, 3.8) is 0 Å². The highest BCUT2D eigenvalue weighted by Crippen LogP contribution is 2.24. The molecule has 0 aromatic heterocycles. The highest BCUT2D eigenvalue weighted by molar-refractivity contribution is 5.28. The fraction of sp³-hybridized carbons (Fsp3) is 0.455. The van der Waals surface area contributed by atoms with Crippen LogP contribution in [0.4, 0.5) is 0 Å². The van der Waals surface area contributed by atoms with Crippen LogP contribution in [0.2, 0.25) is 0 Å². The smallest absolute Gasteiger partial charge is 0.187 e. The van der Waals surface area contributed by atoms with E-state index in [1.807, 2.05) is 0 Å². The summed E-state index contributed by atoms with van der Waals surface area (Å²) in [6.07, 6.45) is -1.28. The number of rotatable bonds is 3. The lowest BCUT2D eigenvalue weighted by atomic mass is 10.1. The second kappa shape index (κ2) is 4.61. The number of aliphatic hydroxyl groups is 1. The number of hydrogen-bond acceptors (Lipinski definition) is 4. The van der Waals surface area contributed by atoms with Crippen LogP contribution < -0.4 is 4.74 Å². The summed E-state index contributed by atoms with van der Waals surface area (Å²) in [5.74, 6) is 0.763. The highest BCUT2D eigenvalue weighted by Gasteiger charge is 2.26. The minimum atomic E-state index is -0.738. The largest absolute Gasteiger partial charge is 0.497 e. The van der Waals surface area contributed by atoms with E-state index in [1.54, 1.807) is 31.4 Å². The second-order valence-electron chi connectivity index (χ2n) is 3.33. The van der Waals surface area contributed by atoms with Gasteiger partial charge in [0.25, 0.3) is 0 Å². The van der Waals surface area contributed by atoms with Crippen molar-refractivity contribution in [1.82, 2.24) is 0 Å². The van der Waals surface area contributed by atoms with Crippen molar-refractivity contribution >= 4 is 0 Å². The zero-order chi connectivity index (χ0) is 10.7. The average Bonchev–Trinajstić information content (AvgIpc) is 2.82. The van der Waals surface area contributed by atoms with Crippen LogP contribution in [0, 0.1) is 0 Å². The number of methoxy groups -OCH3 is 1. The van der Waals surface area contributed by atoms with E-state index in [9.17, 15) is 5.11 Å². The SMILES string of the molecule is COc1ccc([C@@H](O)C2OCCO2)cc1. The molecule has 1 fully saturated rings. The first kappa shape index (κ1) is 10.4. The molecular formula is C11H14O4. The van der Waals surface area contributed by atoms with Crippen molar-refractivity contribution in [3.8, 4) is 5.75 Å². The number of hydrogen-bond donors (Lipinski definition) is 1. The molecule has 1 saturated heterocycles. The molecule has 1 N–H and O–H groups in total. The normalized spacial score (nSPS) is 19.1. The van der Waals surface area contributed by atoms with Gasteiger partial charge >= 0.3 is 0 Å². The third-order valence-corrected chi connectivity index (χ3v) is 2.36. The Labute approximate surface area is 88.4 Å². The zero-order valence-electron chi connectivity index (χ0n) is 8.55. The standard InChI is InChI=1S/C11H14O4/c1-13-9-4-2-8(3-5-9)10(12)11-14-6-7-15-11/h2-5,10-12H,6-7H2,1H3/t10-/m1/s1. The highest BCUT2D eigenvalue weighted by atomic mass is 16.7. The van der Waals surface area contributed by atoms with E-state index in [1.165, 1.54) is 0 Å². The van der Waals surface area contributed by atoms with Crippen molar-refractivity contribution < 1.29 is 19.3 Å². The molecule has 1 heterocycles. The van der Waals surface area contributed by atoms with Gasteiger partial charge in [0.15, 0.2) is 6.29 Å². The fourth-order valence-electron chi connectivity index (χ4n) is 1.52. The van der Waals surface area contributed by atoms with Gasteiger partial charge in [-0.3, -0.25) is 0 Å². The van der Waals surface area contributed by atoms with E-state index in [-0.39, 0.29) is 0 Å². The van der Waals surface area contributed by atoms with Gasteiger partial charge in [0.2, 0.25) is 0 Å². The number of aliphatic hydroxyl groups excluding tert-OH is 1. The molecule has 1 aromatic rings. The van der Waals surface area contributed by atoms with Crippen LogP contribution in [0.25, 0.3) is 0 Å². The Morgan fingerprint density at radius 1 is 1.27 bits per heavy atom. The third kappa shape index (κ3) is 2.28. The molecule has 4 heteroatoms. The van der Waals surface area contributed by atoms with E-state index >= 15 is 0 Å². The molecule has 82 valence electrons. The molecule has 0 aliphatic carbocycles. The second-order valence-corrected chi connectivity index (χ2v) is 3.33. The van der Waals surface area contributed by atoms with E-state index in [4.69, 9.17) is 14.2 Å². The minimum Gasteiger partial charge on any atom is -0.497 e. The Bertz CT molecular complexity index is 303. The minimum absolute atomic E-state index is 0.540. The van der Waals surface area contributed by atoms with E-state index in [0.717, 1.165) is 11.3 Å². The molecule has 1 aliphatic heterocycles. The van der Waals surface area contributed by atoms with Crippen LogP contribution in [0.15, 0.2) is 24.3 Å². The van der Waals surface area contributed by atoms with Gasteiger partial charge in [-0.15, -0.1) is 0 Å². The van der Waals surface area contributed by atoms with Gasteiger partial charge in [0.1, 0.15) is 11.9 Å². The van der Waals surface area contributed by atoms with Crippen molar-refractivity contribution in [2.45, 2.75) is 12.4 Å². The van der Waals surface area contributed by atoms with Crippen LogP contribution in [0.3, 0.4) is 0 Å². The molecule has 1 aromatic carbocycles. The Hall–Kier alpha value is -1.10.